The first kappa shape index (κ1) is 24.4. The standard InChI is InChI=1S/C27H28ClN5O2/c1-3-4-16-33-25(34)15-14-24(29-33)27(35)31(2)17-22-19-32(18-21-12-8-9-13-23(21)28)30-26(22)20-10-6-5-7-11-20/h5-15,19H,3-4,16-18H2,1-2H3. The Balaban J connectivity index is 1.61. The molecule has 4 aromatic rings. The van der Waals surface area contributed by atoms with Crippen LogP contribution in [0, 0.1) is 0 Å². The molecule has 0 atom stereocenters. The van der Waals surface area contributed by atoms with Crippen LogP contribution in [0.4, 0.5) is 0 Å². The van der Waals surface area contributed by atoms with Crippen molar-refractivity contribution in [1.29, 1.82) is 0 Å². The van der Waals surface area contributed by atoms with Gasteiger partial charge in [-0.25, -0.2) is 4.68 Å². The van der Waals surface area contributed by atoms with Crippen molar-refractivity contribution in [2.24, 2.45) is 0 Å². The molecule has 0 unspecified atom stereocenters. The molecule has 0 N–H and O–H groups in total. The van der Waals surface area contributed by atoms with Crippen LogP contribution in [-0.2, 0) is 19.6 Å². The SMILES string of the molecule is CCCCn1nc(C(=O)N(C)Cc2cn(Cc3ccccc3Cl)nc2-c2ccccc2)ccc1=O. The second-order valence-electron chi connectivity index (χ2n) is 8.45. The Kier molecular flexibility index (Phi) is 7.77. The molecule has 2 aromatic heterocycles. The number of hydrogen-bond acceptors (Lipinski definition) is 4. The van der Waals surface area contributed by atoms with Crippen LogP contribution in [0.25, 0.3) is 11.3 Å². The van der Waals surface area contributed by atoms with Gasteiger partial charge in [-0.2, -0.15) is 10.2 Å². The summed E-state index contributed by atoms with van der Waals surface area (Å²) in [4.78, 5) is 26.9. The number of amides is 1. The van der Waals surface area contributed by atoms with Gasteiger partial charge in [0.25, 0.3) is 11.5 Å². The van der Waals surface area contributed by atoms with E-state index in [2.05, 4.69) is 5.10 Å². The van der Waals surface area contributed by atoms with E-state index in [1.165, 1.54) is 16.8 Å². The third-order valence-electron chi connectivity index (χ3n) is 5.74. The largest absolute Gasteiger partial charge is 0.336 e. The lowest BCUT2D eigenvalue weighted by Gasteiger charge is -2.17. The molecule has 0 aliphatic rings. The topological polar surface area (TPSA) is 73.0 Å². The second kappa shape index (κ2) is 11.1. The van der Waals surface area contributed by atoms with Gasteiger partial charge in [-0.05, 0) is 24.1 Å². The monoisotopic (exact) mass is 489 g/mol. The predicted molar refractivity (Wildman–Crippen MR) is 137 cm³/mol. The first-order valence-electron chi connectivity index (χ1n) is 11.6. The highest BCUT2D eigenvalue weighted by Crippen LogP contribution is 2.25. The predicted octanol–water partition coefficient (Wildman–Crippen LogP) is 4.88. The number of halogens is 1. The number of rotatable bonds is 9. The summed E-state index contributed by atoms with van der Waals surface area (Å²) in [6, 6.07) is 20.5. The van der Waals surface area contributed by atoms with Gasteiger partial charge in [0.1, 0.15) is 5.69 Å². The zero-order chi connectivity index (χ0) is 24.8. The summed E-state index contributed by atoms with van der Waals surface area (Å²) in [5.41, 5.74) is 3.67. The molecule has 0 fully saturated rings. The van der Waals surface area contributed by atoms with Crippen molar-refractivity contribution >= 4 is 17.5 Å². The van der Waals surface area contributed by atoms with Crippen molar-refractivity contribution in [3.05, 3.63) is 105 Å². The Morgan fingerprint density at radius 1 is 0.971 bits per heavy atom. The van der Waals surface area contributed by atoms with Gasteiger partial charge in [-0.1, -0.05) is 73.5 Å². The van der Waals surface area contributed by atoms with E-state index in [0.29, 0.717) is 24.7 Å². The van der Waals surface area contributed by atoms with Gasteiger partial charge in [-0.15, -0.1) is 0 Å². The van der Waals surface area contributed by atoms with Crippen LogP contribution in [0.3, 0.4) is 0 Å². The van der Waals surface area contributed by atoms with Crippen LogP contribution in [0.1, 0.15) is 41.4 Å². The number of carbonyl (C=O) groups is 1. The van der Waals surface area contributed by atoms with E-state index in [-0.39, 0.29) is 17.2 Å². The van der Waals surface area contributed by atoms with Crippen LogP contribution >= 0.6 is 11.6 Å². The quantitative estimate of drug-likeness (QED) is 0.336. The van der Waals surface area contributed by atoms with E-state index < -0.39 is 0 Å². The molecule has 2 aromatic carbocycles. The van der Waals surface area contributed by atoms with Crippen molar-refractivity contribution in [1.82, 2.24) is 24.5 Å². The van der Waals surface area contributed by atoms with Crippen molar-refractivity contribution in [2.75, 3.05) is 7.05 Å². The molecule has 0 bridgehead atoms. The summed E-state index contributed by atoms with van der Waals surface area (Å²) < 4.78 is 3.21. The zero-order valence-corrected chi connectivity index (χ0v) is 20.7. The minimum Gasteiger partial charge on any atom is -0.336 e. The lowest BCUT2D eigenvalue weighted by atomic mass is 10.1. The Morgan fingerprint density at radius 3 is 2.46 bits per heavy atom. The number of carbonyl (C=O) groups excluding carboxylic acids is 1. The minimum atomic E-state index is -0.256. The van der Waals surface area contributed by atoms with Gasteiger partial charge >= 0.3 is 0 Å². The molecule has 35 heavy (non-hydrogen) atoms. The van der Waals surface area contributed by atoms with Gasteiger partial charge in [-0.3, -0.25) is 14.3 Å². The van der Waals surface area contributed by atoms with E-state index in [1.54, 1.807) is 11.9 Å². The van der Waals surface area contributed by atoms with Crippen LogP contribution in [0.15, 0.2) is 77.7 Å². The molecule has 8 heteroatoms. The highest BCUT2D eigenvalue weighted by molar-refractivity contribution is 6.31. The normalized spacial score (nSPS) is 10.9. The lowest BCUT2D eigenvalue weighted by Crippen LogP contribution is -2.31. The molecule has 0 spiro atoms. The average Bonchev–Trinajstić information content (AvgIpc) is 3.27. The zero-order valence-electron chi connectivity index (χ0n) is 19.9. The second-order valence-corrected chi connectivity index (χ2v) is 8.86. The molecule has 4 rings (SSSR count). The molecule has 0 saturated heterocycles. The van der Waals surface area contributed by atoms with E-state index in [9.17, 15) is 9.59 Å². The minimum absolute atomic E-state index is 0.204. The molecular weight excluding hydrogens is 462 g/mol. The lowest BCUT2D eigenvalue weighted by molar-refractivity contribution is 0.0776. The molecule has 7 nitrogen and oxygen atoms in total. The van der Waals surface area contributed by atoms with Crippen molar-refractivity contribution in [2.45, 2.75) is 39.4 Å². The Bertz CT molecular complexity index is 1360. The highest BCUT2D eigenvalue weighted by Gasteiger charge is 2.19. The molecule has 0 aliphatic carbocycles. The van der Waals surface area contributed by atoms with Crippen LogP contribution in [0.2, 0.25) is 5.02 Å². The molecule has 0 aliphatic heterocycles. The maximum Gasteiger partial charge on any atom is 0.274 e. The van der Waals surface area contributed by atoms with Crippen LogP contribution < -0.4 is 5.56 Å². The summed E-state index contributed by atoms with van der Waals surface area (Å²) in [7, 11) is 1.73. The van der Waals surface area contributed by atoms with E-state index >= 15 is 0 Å². The van der Waals surface area contributed by atoms with Crippen molar-refractivity contribution in [3.8, 4) is 11.3 Å². The van der Waals surface area contributed by atoms with E-state index in [1.807, 2.05) is 72.4 Å². The number of hydrogen-bond donors (Lipinski definition) is 0. The Labute approximate surface area is 209 Å². The van der Waals surface area contributed by atoms with Crippen molar-refractivity contribution in [3.63, 3.8) is 0 Å². The van der Waals surface area contributed by atoms with Gasteiger partial charge in [0.2, 0.25) is 0 Å². The molecular formula is C27H28ClN5O2. The smallest absolute Gasteiger partial charge is 0.274 e. The summed E-state index contributed by atoms with van der Waals surface area (Å²) in [6.07, 6.45) is 3.71. The van der Waals surface area contributed by atoms with Gasteiger partial charge in [0, 0.05) is 48.5 Å². The number of nitrogens with zero attached hydrogens (tertiary/aromatic N) is 5. The maximum absolute atomic E-state index is 13.2. The summed E-state index contributed by atoms with van der Waals surface area (Å²) >= 11 is 6.36. The average molecular weight is 490 g/mol. The number of benzene rings is 2. The van der Waals surface area contributed by atoms with E-state index in [0.717, 1.165) is 35.2 Å². The molecule has 2 heterocycles. The molecule has 180 valence electrons. The van der Waals surface area contributed by atoms with Gasteiger partial charge in [0.05, 0.1) is 12.2 Å². The number of aromatic nitrogens is 4. The summed E-state index contributed by atoms with van der Waals surface area (Å²) in [5, 5.41) is 9.80. The fraction of sp³-hybridized carbons (Fsp3) is 0.259. The third-order valence-corrected chi connectivity index (χ3v) is 6.11. The van der Waals surface area contributed by atoms with E-state index in [4.69, 9.17) is 16.7 Å². The van der Waals surface area contributed by atoms with Gasteiger partial charge in [0.15, 0.2) is 0 Å². The first-order valence-corrected chi connectivity index (χ1v) is 12.0. The third kappa shape index (κ3) is 5.87. The maximum atomic E-state index is 13.2. The molecule has 0 saturated carbocycles. The van der Waals surface area contributed by atoms with Crippen LogP contribution in [-0.4, -0.2) is 37.4 Å². The Morgan fingerprint density at radius 2 is 1.71 bits per heavy atom. The summed E-state index contributed by atoms with van der Waals surface area (Å²) in [5.74, 6) is -0.256. The summed E-state index contributed by atoms with van der Waals surface area (Å²) in [6.45, 7) is 3.39. The first-order chi connectivity index (χ1) is 17.0. The van der Waals surface area contributed by atoms with Crippen LogP contribution in [0.5, 0.6) is 0 Å². The molecule has 0 radical (unpaired) electrons. The fourth-order valence-electron chi connectivity index (χ4n) is 3.85. The van der Waals surface area contributed by atoms with Crippen molar-refractivity contribution < 1.29 is 4.79 Å². The highest BCUT2D eigenvalue weighted by atomic mass is 35.5. The Hall–Kier alpha value is -3.71. The fourth-order valence-corrected chi connectivity index (χ4v) is 4.05. The molecule has 1 amide bonds. The number of unbranched alkanes of at least 4 members (excludes halogenated alkanes) is 1. The van der Waals surface area contributed by atoms with Gasteiger partial charge < -0.3 is 4.90 Å². The number of aryl methyl sites for hydroxylation is 1.